The summed E-state index contributed by atoms with van der Waals surface area (Å²) in [5, 5.41) is 14.0. The van der Waals surface area contributed by atoms with E-state index in [9.17, 15) is 14.9 Å². The predicted octanol–water partition coefficient (Wildman–Crippen LogP) is 4.44. The molecule has 0 saturated carbocycles. The lowest BCUT2D eigenvalue weighted by Gasteiger charge is -2.17. The minimum Gasteiger partial charge on any atom is -0.494 e. The van der Waals surface area contributed by atoms with Crippen LogP contribution in [0.15, 0.2) is 30.3 Å². The third-order valence-corrected chi connectivity index (χ3v) is 3.90. The number of carbonyl (C=O) groups excluding carboxylic acids is 1. The Bertz CT molecular complexity index is 872. The van der Waals surface area contributed by atoms with Crippen molar-refractivity contribution < 1.29 is 28.7 Å². The number of ether oxygens (including phenoxy) is 4. The van der Waals surface area contributed by atoms with Crippen LogP contribution in [0.2, 0.25) is 0 Å². The van der Waals surface area contributed by atoms with Gasteiger partial charge in [0.1, 0.15) is 11.4 Å². The number of nitro benzene ring substituents is 1. The summed E-state index contributed by atoms with van der Waals surface area (Å²) in [4.78, 5) is 23.7. The van der Waals surface area contributed by atoms with Gasteiger partial charge in [-0.2, -0.15) is 0 Å². The molecule has 9 nitrogen and oxygen atoms in total. The number of nitrogens with zero attached hydrogens (tertiary/aromatic N) is 1. The third kappa shape index (κ3) is 5.53. The third-order valence-electron chi connectivity index (χ3n) is 3.90. The molecule has 0 aliphatic rings. The van der Waals surface area contributed by atoms with Crippen LogP contribution in [0.25, 0.3) is 0 Å². The second-order valence-corrected chi connectivity index (χ2v) is 5.92. The quantitative estimate of drug-likeness (QED) is 0.424. The largest absolute Gasteiger partial charge is 0.494 e. The molecule has 0 heterocycles. The van der Waals surface area contributed by atoms with Gasteiger partial charge in [0.2, 0.25) is 5.75 Å². The molecule has 0 spiro atoms. The van der Waals surface area contributed by atoms with Crippen LogP contribution in [0.4, 0.5) is 11.4 Å². The average molecular weight is 418 g/mol. The molecule has 0 unspecified atom stereocenters. The first-order valence-corrected chi connectivity index (χ1v) is 9.74. The van der Waals surface area contributed by atoms with E-state index in [0.717, 1.165) is 0 Å². The summed E-state index contributed by atoms with van der Waals surface area (Å²) in [5.41, 5.74) is 0.00194. The fraction of sp³-hybridized carbons (Fsp3) is 0.381. The maximum absolute atomic E-state index is 12.9. The number of benzene rings is 2. The molecule has 9 heteroatoms. The summed E-state index contributed by atoms with van der Waals surface area (Å²) in [6, 6.07) is 7.30. The zero-order chi connectivity index (χ0) is 22.1. The molecule has 1 amide bonds. The fourth-order valence-electron chi connectivity index (χ4n) is 2.74. The second-order valence-electron chi connectivity index (χ2n) is 5.92. The molecule has 0 fully saturated rings. The first-order chi connectivity index (χ1) is 14.4. The Morgan fingerprint density at radius 3 is 1.97 bits per heavy atom. The maximum atomic E-state index is 12.9. The van der Waals surface area contributed by atoms with Crippen molar-refractivity contribution in [1.29, 1.82) is 0 Å². The van der Waals surface area contributed by atoms with Crippen molar-refractivity contribution in [2.24, 2.45) is 0 Å². The summed E-state index contributed by atoms with van der Waals surface area (Å²) in [7, 11) is 0. The number of amides is 1. The van der Waals surface area contributed by atoms with Crippen LogP contribution in [-0.4, -0.2) is 37.3 Å². The van der Waals surface area contributed by atoms with Gasteiger partial charge in [0.05, 0.1) is 37.4 Å². The van der Waals surface area contributed by atoms with E-state index in [2.05, 4.69) is 5.32 Å². The number of anilines is 1. The lowest BCUT2D eigenvalue weighted by molar-refractivity contribution is -0.384. The topological polar surface area (TPSA) is 109 Å². The Morgan fingerprint density at radius 1 is 0.900 bits per heavy atom. The van der Waals surface area contributed by atoms with Crippen molar-refractivity contribution in [3.63, 3.8) is 0 Å². The van der Waals surface area contributed by atoms with Gasteiger partial charge in [-0.1, -0.05) is 0 Å². The molecule has 0 saturated heterocycles. The van der Waals surface area contributed by atoms with Crippen LogP contribution < -0.4 is 24.3 Å². The lowest BCUT2D eigenvalue weighted by atomic mass is 10.1. The summed E-state index contributed by atoms with van der Waals surface area (Å²) < 4.78 is 22.2. The van der Waals surface area contributed by atoms with E-state index in [-0.39, 0.29) is 16.9 Å². The first kappa shape index (κ1) is 22.8. The van der Waals surface area contributed by atoms with Gasteiger partial charge < -0.3 is 24.3 Å². The second kappa shape index (κ2) is 10.9. The summed E-state index contributed by atoms with van der Waals surface area (Å²) in [6.45, 7) is 8.72. The van der Waals surface area contributed by atoms with E-state index in [1.54, 1.807) is 13.0 Å². The van der Waals surface area contributed by atoms with Crippen LogP contribution in [0, 0.1) is 10.1 Å². The van der Waals surface area contributed by atoms with Crippen LogP contribution in [0.3, 0.4) is 0 Å². The van der Waals surface area contributed by atoms with Crippen molar-refractivity contribution in [2.75, 3.05) is 31.7 Å². The molecular formula is C21H26N2O7. The minimum atomic E-state index is -0.576. The van der Waals surface area contributed by atoms with Gasteiger partial charge in [0, 0.05) is 5.56 Å². The van der Waals surface area contributed by atoms with E-state index in [1.165, 1.54) is 24.3 Å². The van der Waals surface area contributed by atoms with Gasteiger partial charge in [0.25, 0.3) is 11.6 Å². The smallest absolute Gasteiger partial charge is 0.296 e. The number of nitro groups is 1. The molecule has 2 rings (SSSR count). The van der Waals surface area contributed by atoms with Crippen molar-refractivity contribution in [3.05, 3.63) is 46.0 Å². The standard InChI is InChI=1S/C21H26N2O7/c1-5-27-15-9-10-16(17(13-15)23(25)26)22-21(24)14-11-18(28-6-2)20(30-8-4)19(12-14)29-7-3/h9-13H,5-8H2,1-4H3,(H,22,24). The van der Waals surface area contributed by atoms with Gasteiger partial charge in [-0.15, -0.1) is 0 Å². The number of hydrogen-bond acceptors (Lipinski definition) is 7. The van der Waals surface area contributed by atoms with Crippen LogP contribution in [-0.2, 0) is 0 Å². The molecule has 0 radical (unpaired) electrons. The molecule has 162 valence electrons. The number of rotatable bonds is 11. The number of nitrogens with one attached hydrogen (secondary N) is 1. The van der Waals surface area contributed by atoms with Gasteiger partial charge in [-0.05, 0) is 52.0 Å². The predicted molar refractivity (Wildman–Crippen MR) is 112 cm³/mol. The van der Waals surface area contributed by atoms with E-state index in [1.807, 2.05) is 20.8 Å². The first-order valence-electron chi connectivity index (χ1n) is 9.74. The summed E-state index contributed by atoms with van der Waals surface area (Å²) in [6.07, 6.45) is 0. The van der Waals surface area contributed by atoms with E-state index in [4.69, 9.17) is 18.9 Å². The maximum Gasteiger partial charge on any atom is 0.296 e. The molecule has 30 heavy (non-hydrogen) atoms. The Labute approximate surface area is 175 Å². The number of hydrogen-bond donors (Lipinski definition) is 1. The highest BCUT2D eigenvalue weighted by Gasteiger charge is 2.21. The zero-order valence-electron chi connectivity index (χ0n) is 17.5. The highest BCUT2D eigenvalue weighted by Crippen LogP contribution is 2.39. The Kier molecular flexibility index (Phi) is 8.28. The Balaban J connectivity index is 2.42. The molecule has 2 aromatic carbocycles. The van der Waals surface area contributed by atoms with Crippen LogP contribution in [0.5, 0.6) is 23.0 Å². The van der Waals surface area contributed by atoms with Gasteiger partial charge >= 0.3 is 0 Å². The lowest BCUT2D eigenvalue weighted by Crippen LogP contribution is -2.14. The van der Waals surface area contributed by atoms with Gasteiger partial charge in [0.15, 0.2) is 11.5 Å². The van der Waals surface area contributed by atoms with Crippen molar-refractivity contribution in [1.82, 2.24) is 0 Å². The molecule has 0 atom stereocenters. The molecule has 2 aromatic rings. The normalized spacial score (nSPS) is 10.3. The molecular weight excluding hydrogens is 392 g/mol. The highest BCUT2D eigenvalue weighted by atomic mass is 16.6. The minimum absolute atomic E-state index is 0.0539. The Morgan fingerprint density at radius 2 is 1.47 bits per heavy atom. The van der Waals surface area contributed by atoms with E-state index in [0.29, 0.717) is 49.4 Å². The molecule has 1 N–H and O–H groups in total. The van der Waals surface area contributed by atoms with Gasteiger partial charge in [-0.3, -0.25) is 14.9 Å². The van der Waals surface area contributed by atoms with Crippen molar-refractivity contribution in [2.45, 2.75) is 27.7 Å². The number of carbonyl (C=O) groups is 1. The molecule has 0 aromatic heterocycles. The van der Waals surface area contributed by atoms with Crippen molar-refractivity contribution >= 4 is 17.3 Å². The highest BCUT2D eigenvalue weighted by molar-refractivity contribution is 6.06. The fourth-order valence-corrected chi connectivity index (χ4v) is 2.74. The molecule has 0 aliphatic heterocycles. The van der Waals surface area contributed by atoms with Crippen LogP contribution >= 0.6 is 0 Å². The summed E-state index contributed by atoms with van der Waals surface area (Å²) >= 11 is 0. The van der Waals surface area contributed by atoms with E-state index < -0.39 is 10.8 Å². The Hall–Kier alpha value is -3.49. The monoisotopic (exact) mass is 418 g/mol. The van der Waals surface area contributed by atoms with Gasteiger partial charge in [-0.25, -0.2) is 0 Å². The van der Waals surface area contributed by atoms with Crippen molar-refractivity contribution in [3.8, 4) is 23.0 Å². The molecule has 0 bridgehead atoms. The van der Waals surface area contributed by atoms with E-state index >= 15 is 0 Å². The van der Waals surface area contributed by atoms with Crippen LogP contribution in [0.1, 0.15) is 38.1 Å². The average Bonchev–Trinajstić information content (AvgIpc) is 2.71. The zero-order valence-corrected chi connectivity index (χ0v) is 17.5. The SMILES string of the molecule is CCOc1ccc(NC(=O)c2cc(OCC)c(OCC)c(OCC)c2)c([N+](=O)[O-])c1. The summed E-state index contributed by atoms with van der Waals surface area (Å²) in [5.74, 6) is 0.922. The molecule has 0 aliphatic carbocycles.